The number of likely N-dealkylation sites (tertiary alicyclic amines) is 1. The number of hydrogen-bond donors (Lipinski definition) is 0. The lowest BCUT2D eigenvalue weighted by Crippen LogP contribution is -2.41. The molecule has 4 rings (SSSR count). The highest BCUT2D eigenvalue weighted by Crippen LogP contribution is 2.32. The Morgan fingerprint density at radius 2 is 2.11 bits per heavy atom. The molecule has 0 N–H and O–H groups in total. The van der Waals surface area contributed by atoms with Gasteiger partial charge >= 0.3 is 5.97 Å². The SMILES string of the molecule is Cc1cnc(C(=O)OCC(=O)N2CCC[C@H](c3nc4ccccc4s3)C2)cn1. The molecule has 0 spiro atoms. The molecule has 1 amide bonds. The average molecular weight is 396 g/mol. The first kappa shape index (κ1) is 18.5. The van der Waals surface area contributed by atoms with Crippen LogP contribution in [-0.2, 0) is 9.53 Å². The predicted octanol–water partition coefficient (Wildman–Crippen LogP) is 2.96. The molecule has 0 aliphatic carbocycles. The minimum atomic E-state index is -0.638. The summed E-state index contributed by atoms with van der Waals surface area (Å²) in [6.07, 6.45) is 4.75. The number of thiazole rings is 1. The maximum atomic E-state index is 12.5. The maximum Gasteiger partial charge on any atom is 0.359 e. The lowest BCUT2D eigenvalue weighted by Gasteiger charge is -2.31. The molecule has 8 heteroatoms. The van der Waals surface area contributed by atoms with Gasteiger partial charge in [-0.1, -0.05) is 12.1 Å². The third kappa shape index (κ3) is 4.01. The second-order valence-corrected chi connectivity index (χ2v) is 7.88. The molecule has 1 aromatic carbocycles. The number of hydrogen-bond acceptors (Lipinski definition) is 7. The van der Waals surface area contributed by atoms with Crippen molar-refractivity contribution in [3.63, 3.8) is 0 Å². The largest absolute Gasteiger partial charge is 0.451 e. The number of carbonyl (C=O) groups excluding carboxylic acids is 2. The van der Waals surface area contributed by atoms with Gasteiger partial charge in [0.1, 0.15) is 0 Å². The molecule has 2 aromatic heterocycles. The zero-order chi connectivity index (χ0) is 19.5. The Labute approximate surface area is 166 Å². The van der Waals surface area contributed by atoms with Crippen LogP contribution in [0.1, 0.15) is 39.9 Å². The van der Waals surface area contributed by atoms with E-state index in [0.29, 0.717) is 18.8 Å². The van der Waals surface area contributed by atoms with Gasteiger partial charge in [0, 0.05) is 25.2 Å². The zero-order valence-corrected chi connectivity index (χ0v) is 16.3. The van der Waals surface area contributed by atoms with Gasteiger partial charge in [-0.05, 0) is 31.9 Å². The lowest BCUT2D eigenvalue weighted by atomic mass is 9.99. The second-order valence-electron chi connectivity index (χ2n) is 6.82. The Kier molecular flexibility index (Phi) is 5.29. The van der Waals surface area contributed by atoms with Gasteiger partial charge in [-0.3, -0.25) is 9.78 Å². The Morgan fingerprint density at radius 3 is 2.89 bits per heavy atom. The van der Waals surface area contributed by atoms with Gasteiger partial charge in [-0.2, -0.15) is 0 Å². The number of ether oxygens (including phenoxy) is 1. The summed E-state index contributed by atoms with van der Waals surface area (Å²) in [5, 5.41) is 1.06. The van der Waals surface area contributed by atoms with E-state index >= 15 is 0 Å². The molecule has 1 atom stereocenters. The van der Waals surface area contributed by atoms with Crippen molar-refractivity contribution < 1.29 is 14.3 Å². The molecule has 0 bridgehead atoms. The highest BCUT2D eigenvalue weighted by molar-refractivity contribution is 7.18. The standard InChI is InChI=1S/C20H20N4O3S/c1-13-9-22-16(10-21-13)20(26)27-12-18(25)24-8-4-5-14(11-24)19-23-15-6-2-3-7-17(15)28-19/h2-3,6-7,9-10,14H,4-5,8,11-12H2,1H3/t14-/m0/s1. The summed E-state index contributed by atoms with van der Waals surface area (Å²) >= 11 is 1.68. The van der Waals surface area contributed by atoms with Gasteiger partial charge in [0.15, 0.2) is 12.3 Å². The highest BCUT2D eigenvalue weighted by atomic mass is 32.1. The van der Waals surface area contributed by atoms with E-state index in [2.05, 4.69) is 16.0 Å². The number of para-hydroxylation sites is 1. The summed E-state index contributed by atoms with van der Waals surface area (Å²) in [6, 6.07) is 8.06. The quantitative estimate of drug-likeness (QED) is 0.631. The first-order valence-electron chi connectivity index (χ1n) is 9.19. The van der Waals surface area contributed by atoms with E-state index in [9.17, 15) is 9.59 Å². The number of rotatable bonds is 4. The Balaban J connectivity index is 1.36. The minimum Gasteiger partial charge on any atom is -0.451 e. The molecule has 0 saturated carbocycles. The number of esters is 1. The molecule has 0 unspecified atom stereocenters. The van der Waals surface area contributed by atoms with Crippen molar-refractivity contribution in [2.75, 3.05) is 19.7 Å². The molecular weight excluding hydrogens is 376 g/mol. The minimum absolute atomic E-state index is 0.101. The fraction of sp³-hybridized carbons (Fsp3) is 0.350. The van der Waals surface area contributed by atoms with E-state index in [1.165, 1.54) is 12.4 Å². The normalized spacial score (nSPS) is 16.9. The van der Waals surface area contributed by atoms with E-state index in [4.69, 9.17) is 9.72 Å². The number of carbonyl (C=O) groups is 2. The van der Waals surface area contributed by atoms with Crippen LogP contribution in [0, 0.1) is 6.92 Å². The smallest absolute Gasteiger partial charge is 0.359 e. The van der Waals surface area contributed by atoms with Crippen molar-refractivity contribution >= 4 is 33.4 Å². The van der Waals surface area contributed by atoms with Crippen molar-refractivity contribution in [2.45, 2.75) is 25.7 Å². The number of piperidine rings is 1. The van der Waals surface area contributed by atoms with Gasteiger partial charge in [0.25, 0.3) is 5.91 Å². The molecule has 1 aliphatic heterocycles. The lowest BCUT2D eigenvalue weighted by molar-refractivity contribution is -0.135. The van der Waals surface area contributed by atoms with Crippen LogP contribution in [0.25, 0.3) is 10.2 Å². The van der Waals surface area contributed by atoms with Crippen molar-refractivity contribution in [3.05, 3.63) is 53.1 Å². The van der Waals surface area contributed by atoms with Crippen LogP contribution in [0.15, 0.2) is 36.7 Å². The molecule has 1 aliphatic rings. The van der Waals surface area contributed by atoms with Gasteiger partial charge in [0.05, 0.1) is 27.1 Å². The molecule has 1 saturated heterocycles. The monoisotopic (exact) mass is 396 g/mol. The maximum absolute atomic E-state index is 12.5. The number of aryl methyl sites for hydroxylation is 1. The van der Waals surface area contributed by atoms with Crippen molar-refractivity contribution in [1.82, 2.24) is 19.9 Å². The molecule has 1 fully saturated rings. The topological polar surface area (TPSA) is 85.3 Å². The Morgan fingerprint density at radius 1 is 1.25 bits per heavy atom. The average Bonchev–Trinajstić information content (AvgIpc) is 3.17. The first-order valence-corrected chi connectivity index (χ1v) is 10.0. The van der Waals surface area contributed by atoms with Crippen LogP contribution in [0.4, 0.5) is 0 Å². The zero-order valence-electron chi connectivity index (χ0n) is 15.5. The molecular formula is C20H20N4O3S. The predicted molar refractivity (Wildman–Crippen MR) is 105 cm³/mol. The number of fused-ring (bicyclic) bond motifs is 1. The summed E-state index contributed by atoms with van der Waals surface area (Å²) < 4.78 is 6.29. The summed E-state index contributed by atoms with van der Waals surface area (Å²) in [5.74, 6) is -0.617. The fourth-order valence-electron chi connectivity index (χ4n) is 3.26. The summed E-state index contributed by atoms with van der Waals surface area (Å²) in [5.41, 5.74) is 1.81. The van der Waals surface area contributed by atoms with Gasteiger partial charge in [-0.15, -0.1) is 11.3 Å². The van der Waals surface area contributed by atoms with Crippen LogP contribution in [0.3, 0.4) is 0 Å². The van der Waals surface area contributed by atoms with Crippen LogP contribution in [0.5, 0.6) is 0 Å². The first-order chi connectivity index (χ1) is 13.6. The van der Waals surface area contributed by atoms with Crippen LogP contribution in [-0.4, -0.2) is 51.4 Å². The molecule has 3 heterocycles. The highest BCUT2D eigenvalue weighted by Gasteiger charge is 2.27. The number of aromatic nitrogens is 3. The van der Waals surface area contributed by atoms with Crippen LogP contribution < -0.4 is 0 Å². The van der Waals surface area contributed by atoms with Gasteiger partial charge in [0.2, 0.25) is 0 Å². The van der Waals surface area contributed by atoms with Crippen molar-refractivity contribution in [3.8, 4) is 0 Å². The van der Waals surface area contributed by atoms with Crippen LogP contribution >= 0.6 is 11.3 Å². The van der Waals surface area contributed by atoms with Crippen LogP contribution in [0.2, 0.25) is 0 Å². The van der Waals surface area contributed by atoms with Crippen molar-refractivity contribution in [1.29, 1.82) is 0 Å². The molecule has 3 aromatic rings. The van der Waals surface area contributed by atoms with E-state index in [1.54, 1.807) is 23.2 Å². The third-order valence-electron chi connectivity index (χ3n) is 4.75. The van der Waals surface area contributed by atoms with E-state index < -0.39 is 5.97 Å². The molecule has 144 valence electrons. The number of benzene rings is 1. The number of nitrogens with zero attached hydrogens (tertiary/aromatic N) is 4. The fourth-order valence-corrected chi connectivity index (χ4v) is 4.35. The van der Waals surface area contributed by atoms with E-state index in [0.717, 1.165) is 28.1 Å². The summed E-state index contributed by atoms with van der Waals surface area (Å²) in [6.45, 7) is 2.76. The van der Waals surface area contributed by atoms with E-state index in [1.807, 2.05) is 18.2 Å². The Hall–Kier alpha value is -2.87. The number of amides is 1. The third-order valence-corrected chi connectivity index (χ3v) is 5.95. The van der Waals surface area contributed by atoms with E-state index in [-0.39, 0.29) is 24.1 Å². The van der Waals surface area contributed by atoms with Crippen molar-refractivity contribution in [2.24, 2.45) is 0 Å². The van der Waals surface area contributed by atoms with Gasteiger partial charge in [-0.25, -0.2) is 14.8 Å². The molecule has 28 heavy (non-hydrogen) atoms. The Bertz CT molecular complexity index is 969. The summed E-state index contributed by atoms with van der Waals surface area (Å²) in [7, 11) is 0. The molecule has 7 nitrogen and oxygen atoms in total. The van der Waals surface area contributed by atoms with Gasteiger partial charge < -0.3 is 9.64 Å². The molecule has 0 radical (unpaired) electrons. The summed E-state index contributed by atoms with van der Waals surface area (Å²) in [4.78, 5) is 39.0. The second kappa shape index (κ2) is 8.02.